The first-order valence-electron chi connectivity index (χ1n) is 7.37. The Morgan fingerprint density at radius 1 is 1.23 bits per heavy atom. The number of nitrogens with one attached hydrogen (secondary N) is 1. The predicted molar refractivity (Wildman–Crippen MR) is 83.8 cm³/mol. The lowest BCUT2D eigenvalue weighted by molar-refractivity contribution is 0.122. The zero-order valence-corrected chi connectivity index (χ0v) is 12.5. The van der Waals surface area contributed by atoms with Crippen molar-refractivity contribution in [1.82, 2.24) is 15.2 Å². The number of nitrogens with zero attached hydrogens (tertiary/aromatic N) is 4. The highest BCUT2D eigenvalue weighted by Crippen LogP contribution is 2.19. The van der Waals surface area contributed by atoms with E-state index in [1.807, 2.05) is 31.2 Å². The van der Waals surface area contributed by atoms with Crippen LogP contribution in [0.5, 0.6) is 5.75 Å². The first kappa shape index (κ1) is 14.5. The lowest BCUT2D eigenvalue weighted by Gasteiger charge is -2.27. The summed E-state index contributed by atoms with van der Waals surface area (Å²) in [6, 6.07) is 7.67. The van der Waals surface area contributed by atoms with E-state index in [1.165, 1.54) is 0 Å². The monoisotopic (exact) mass is 301 g/mol. The minimum atomic E-state index is 0.480. The largest absolute Gasteiger partial charge is 0.494 e. The Kier molecular flexibility index (Phi) is 4.65. The van der Waals surface area contributed by atoms with Gasteiger partial charge in [-0.15, -0.1) is 5.10 Å². The maximum absolute atomic E-state index is 5.42. The minimum absolute atomic E-state index is 0.480. The lowest BCUT2D eigenvalue weighted by atomic mass is 10.3. The van der Waals surface area contributed by atoms with Gasteiger partial charge in [-0.3, -0.25) is 0 Å². The van der Waals surface area contributed by atoms with E-state index in [4.69, 9.17) is 9.47 Å². The molecule has 1 aliphatic heterocycles. The first-order chi connectivity index (χ1) is 10.8. The molecular formula is C15H19N5O2. The summed E-state index contributed by atoms with van der Waals surface area (Å²) < 4.78 is 10.8. The van der Waals surface area contributed by atoms with Gasteiger partial charge in [-0.2, -0.15) is 10.1 Å². The van der Waals surface area contributed by atoms with E-state index < -0.39 is 0 Å². The minimum Gasteiger partial charge on any atom is -0.494 e. The van der Waals surface area contributed by atoms with Crippen molar-refractivity contribution in [3.8, 4) is 5.75 Å². The molecule has 22 heavy (non-hydrogen) atoms. The third-order valence-electron chi connectivity index (χ3n) is 3.30. The van der Waals surface area contributed by atoms with Crippen molar-refractivity contribution in [3.63, 3.8) is 0 Å². The molecule has 0 unspecified atom stereocenters. The molecule has 7 heteroatoms. The summed E-state index contributed by atoms with van der Waals surface area (Å²) in [6.07, 6.45) is 1.68. The summed E-state index contributed by atoms with van der Waals surface area (Å²) in [5.74, 6) is 2.13. The second-order valence-electron chi connectivity index (χ2n) is 4.82. The van der Waals surface area contributed by atoms with Crippen LogP contribution in [0.2, 0.25) is 0 Å². The van der Waals surface area contributed by atoms with Crippen LogP contribution in [0.25, 0.3) is 0 Å². The molecule has 0 saturated carbocycles. The van der Waals surface area contributed by atoms with Crippen LogP contribution in [0.3, 0.4) is 0 Å². The molecule has 0 aliphatic carbocycles. The van der Waals surface area contributed by atoms with E-state index in [2.05, 4.69) is 25.4 Å². The lowest BCUT2D eigenvalue weighted by Crippen LogP contribution is -2.36. The molecule has 1 aromatic heterocycles. The fourth-order valence-electron chi connectivity index (χ4n) is 2.22. The molecule has 116 valence electrons. The highest BCUT2D eigenvalue weighted by molar-refractivity contribution is 5.55. The molecule has 0 atom stereocenters. The van der Waals surface area contributed by atoms with Gasteiger partial charge in [0.1, 0.15) is 5.75 Å². The van der Waals surface area contributed by atoms with Crippen molar-refractivity contribution in [3.05, 3.63) is 30.5 Å². The van der Waals surface area contributed by atoms with E-state index in [-0.39, 0.29) is 0 Å². The van der Waals surface area contributed by atoms with Crippen LogP contribution < -0.4 is 15.0 Å². The molecule has 1 saturated heterocycles. The van der Waals surface area contributed by atoms with Gasteiger partial charge in [0.2, 0.25) is 5.95 Å². The van der Waals surface area contributed by atoms with Crippen LogP contribution in [-0.2, 0) is 4.74 Å². The molecule has 0 spiro atoms. The van der Waals surface area contributed by atoms with E-state index in [9.17, 15) is 0 Å². The maximum Gasteiger partial charge on any atom is 0.249 e. The topological polar surface area (TPSA) is 72.4 Å². The zero-order valence-electron chi connectivity index (χ0n) is 12.5. The smallest absolute Gasteiger partial charge is 0.249 e. The Bertz CT molecular complexity index is 599. The van der Waals surface area contributed by atoms with E-state index >= 15 is 0 Å². The third-order valence-corrected chi connectivity index (χ3v) is 3.30. The molecule has 1 aliphatic rings. The Morgan fingerprint density at radius 2 is 2.00 bits per heavy atom. The van der Waals surface area contributed by atoms with Gasteiger partial charge in [-0.1, -0.05) is 0 Å². The second kappa shape index (κ2) is 7.04. The average molecular weight is 301 g/mol. The molecule has 3 rings (SSSR count). The predicted octanol–water partition coefficient (Wildman–Crippen LogP) is 1.85. The number of aromatic nitrogens is 3. The Labute approximate surface area is 129 Å². The van der Waals surface area contributed by atoms with Gasteiger partial charge in [0.05, 0.1) is 26.0 Å². The summed E-state index contributed by atoms with van der Waals surface area (Å²) in [5.41, 5.74) is 0.893. The SMILES string of the molecule is CCOc1ccc(Nc2nncc(N3CCOCC3)n2)cc1. The van der Waals surface area contributed by atoms with Crippen LogP contribution >= 0.6 is 0 Å². The fraction of sp³-hybridized carbons (Fsp3) is 0.400. The Morgan fingerprint density at radius 3 is 2.73 bits per heavy atom. The molecular weight excluding hydrogens is 282 g/mol. The number of hydrogen-bond acceptors (Lipinski definition) is 7. The highest BCUT2D eigenvalue weighted by Gasteiger charge is 2.13. The molecule has 0 bridgehead atoms. The van der Waals surface area contributed by atoms with Crippen LogP contribution in [0.15, 0.2) is 30.5 Å². The van der Waals surface area contributed by atoms with Crippen molar-refractivity contribution in [2.24, 2.45) is 0 Å². The summed E-state index contributed by atoms with van der Waals surface area (Å²) in [5, 5.41) is 11.2. The van der Waals surface area contributed by atoms with Gasteiger partial charge in [-0.25, -0.2) is 0 Å². The third kappa shape index (κ3) is 3.62. The van der Waals surface area contributed by atoms with E-state index in [0.29, 0.717) is 25.8 Å². The number of benzene rings is 1. The van der Waals surface area contributed by atoms with Crippen molar-refractivity contribution in [2.75, 3.05) is 43.1 Å². The molecule has 1 aromatic carbocycles. The van der Waals surface area contributed by atoms with Gasteiger partial charge in [0.25, 0.3) is 0 Å². The van der Waals surface area contributed by atoms with Gasteiger partial charge in [0, 0.05) is 18.8 Å². The summed E-state index contributed by atoms with van der Waals surface area (Å²) in [4.78, 5) is 6.65. The van der Waals surface area contributed by atoms with Gasteiger partial charge in [-0.05, 0) is 31.2 Å². The quantitative estimate of drug-likeness (QED) is 0.903. The van der Waals surface area contributed by atoms with Crippen LogP contribution in [-0.4, -0.2) is 48.1 Å². The molecule has 1 fully saturated rings. The van der Waals surface area contributed by atoms with Gasteiger partial charge in [0.15, 0.2) is 5.82 Å². The summed E-state index contributed by atoms with van der Waals surface area (Å²) >= 11 is 0. The van der Waals surface area contributed by atoms with Crippen LogP contribution in [0.1, 0.15) is 6.92 Å². The van der Waals surface area contributed by atoms with Crippen LogP contribution in [0.4, 0.5) is 17.5 Å². The number of hydrogen-bond donors (Lipinski definition) is 1. The van der Waals surface area contributed by atoms with E-state index in [1.54, 1.807) is 6.20 Å². The maximum atomic E-state index is 5.42. The number of anilines is 3. The molecule has 0 radical (unpaired) electrons. The Hall–Kier alpha value is -2.41. The molecule has 2 heterocycles. The highest BCUT2D eigenvalue weighted by atomic mass is 16.5. The number of rotatable bonds is 5. The Balaban J connectivity index is 1.69. The second-order valence-corrected chi connectivity index (χ2v) is 4.82. The standard InChI is InChI=1S/C15H19N5O2/c1-2-22-13-5-3-12(4-6-13)17-15-18-14(11-16-19-15)20-7-9-21-10-8-20/h3-6,11H,2,7-10H2,1H3,(H,17,18,19). The van der Waals surface area contributed by atoms with Gasteiger partial charge < -0.3 is 19.7 Å². The zero-order chi connectivity index (χ0) is 15.2. The summed E-state index contributed by atoms with van der Waals surface area (Å²) in [7, 11) is 0. The van der Waals surface area contributed by atoms with Crippen molar-refractivity contribution in [2.45, 2.75) is 6.92 Å². The fourth-order valence-corrected chi connectivity index (χ4v) is 2.22. The summed E-state index contributed by atoms with van der Waals surface area (Å²) in [6.45, 7) is 5.68. The molecule has 2 aromatic rings. The van der Waals surface area contributed by atoms with Crippen LogP contribution in [0, 0.1) is 0 Å². The van der Waals surface area contributed by atoms with Crippen molar-refractivity contribution in [1.29, 1.82) is 0 Å². The van der Waals surface area contributed by atoms with Gasteiger partial charge >= 0.3 is 0 Å². The van der Waals surface area contributed by atoms with Crippen molar-refractivity contribution >= 4 is 17.5 Å². The normalized spacial score (nSPS) is 14.7. The number of morpholine rings is 1. The van der Waals surface area contributed by atoms with E-state index in [0.717, 1.165) is 30.3 Å². The average Bonchev–Trinajstić information content (AvgIpc) is 2.58. The molecule has 0 amide bonds. The molecule has 7 nitrogen and oxygen atoms in total. The first-order valence-corrected chi connectivity index (χ1v) is 7.37. The van der Waals surface area contributed by atoms with Crippen molar-refractivity contribution < 1.29 is 9.47 Å². The number of ether oxygens (including phenoxy) is 2. The molecule has 1 N–H and O–H groups in total.